The van der Waals surface area contributed by atoms with Crippen LogP contribution in [-0.2, 0) is 25.5 Å². The van der Waals surface area contributed by atoms with Gasteiger partial charge in [0.15, 0.2) is 0 Å². The highest BCUT2D eigenvalue weighted by atomic mass is 16.5. The van der Waals surface area contributed by atoms with Crippen LogP contribution >= 0.6 is 0 Å². The number of carbonyl (C=O) groups excluding carboxylic acids is 4. The second kappa shape index (κ2) is 18.8. The Bertz CT molecular complexity index is 2230. The maximum Gasteiger partial charge on any atom is 0.407 e. The lowest BCUT2D eigenvalue weighted by atomic mass is 9.95. The molecule has 0 unspecified atom stereocenters. The van der Waals surface area contributed by atoms with Crippen LogP contribution in [0.5, 0.6) is 0 Å². The molecular weight excluding hydrogens is 737 g/mol. The van der Waals surface area contributed by atoms with E-state index in [1.807, 2.05) is 45.0 Å². The zero-order chi connectivity index (χ0) is 41.3. The smallest absolute Gasteiger partial charge is 0.407 e. The SMILES string of the molecule is COC(=O)N[C@H](C(=O)NCCCCc1ncc(-c2cccc(-c3cccc4cc(-c5cnc([C@@H]6CCCN6C(=O)[C@@H](NC(=O)OC)C(C)C)[nH]5)ccc34)c2)[nH]1)C(C)C. The molecule has 0 spiro atoms. The molecule has 0 saturated carbocycles. The van der Waals surface area contributed by atoms with Crippen molar-refractivity contribution in [2.75, 3.05) is 27.3 Å². The van der Waals surface area contributed by atoms with Crippen LogP contribution in [0.15, 0.2) is 73.1 Å². The zero-order valence-electron chi connectivity index (χ0n) is 34.1. The highest BCUT2D eigenvalue weighted by molar-refractivity contribution is 5.99. The van der Waals surface area contributed by atoms with Crippen molar-refractivity contribution >= 4 is 34.8 Å². The van der Waals surface area contributed by atoms with Crippen LogP contribution in [0.1, 0.15) is 71.1 Å². The Labute approximate surface area is 338 Å². The molecule has 1 aliphatic heterocycles. The summed E-state index contributed by atoms with van der Waals surface area (Å²) in [6, 6.07) is 19.5. The predicted molar refractivity (Wildman–Crippen MR) is 223 cm³/mol. The van der Waals surface area contributed by atoms with Crippen molar-refractivity contribution in [2.24, 2.45) is 11.8 Å². The first-order chi connectivity index (χ1) is 28.0. The minimum absolute atomic E-state index is 0.0748. The molecule has 1 fully saturated rings. The molecule has 3 aromatic carbocycles. The van der Waals surface area contributed by atoms with Gasteiger partial charge in [0.25, 0.3) is 0 Å². The van der Waals surface area contributed by atoms with Gasteiger partial charge in [-0.25, -0.2) is 19.6 Å². The minimum atomic E-state index is -0.692. The Hall–Kier alpha value is -6.18. The third-order valence-corrected chi connectivity index (χ3v) is 10.7. The molecule has 306 valence electrons. The van der Waals surface area contributed by atoms with Crippen molar-refractivity contribution in [1.29, 1.82) is 0 Å². The molecule has 1 aliphatic rings. The Kier molecular flexibility index (Phi) is 13.5. The van der Waals surface area contributed by atoms with Gasteiger partial charge in [-0.2, -0.15) is 0 Å². The number of benzene rings is 3. The van der Waals surface area contributed by atoms with E-state index >= 15 is 0 Å². The number of methoxy groups -OCH3 is 2. The monoisotopic (exact) mass is 790 g/mol. The lowest BCUT2D eigenvalue weighted by Gasteiger charge is -2.30. The van der Waals surface area contributed by atoms with Gasteiger partial charge >= 0.3 is 12.2 Å². The van der Waals surface area contributed by atoms with Crippen LogP contribution in [-0.4, -0.2) is 88.2 Å². The molecular formula is C44H54N8O6. The first-order valence-corrected chi connectivity index (χ1v) is 20.0. The molecule has 6 rings (SSSR count). The van der Waals surface area contributed by atoms with Crippen LogP contribution in [0.25, 0.3) is 44.4 Å². The van der Waals surface area contributed by atoms with Crippen LogP contribution < -0.4 is 16.0 Å². The number of fused-ring (bicyclic) bond motifs is 1. The number of nitrogens with one attached hydrogen (secondary N) is 5. The lowest BCUT2D eigenvalue weighted by Crippen LogP contribution is -2.51. The van der Waals surface area contributed by atoms with Crippen molar-refractivity contribution in [1.82, 2.24) is 40.8 Å². The summed E-state index contributed by atoms with van der Waals surface area (Å²) in [5, 5.41) is 10.4. The number of imidazole rings is 2. The van der Waals surface area contributed by atoms with E-state index in [1.54, 1.807) is 0 Å². The van der Waals surface area contributed by atoms with Crippen molar-refractivity contribution in [3.05, 3.63) is 84.7 Å². The molecule has 14 nitrogen and oxygen atoms in total. The normalized spacial score (nSPS) is 15.0. The predicted octanol–water partition coefficient (Wildman–Crippen LogP) is 7.15. The second-order valence-corrected chi connectivity index (χ2v) is 15.4. The summed E-state index contributed by atoms with van der Waals surface area (Å²) in [6.07, 6.45) is 6.39. The maximum absolute atomic E-state index is 13.6. The summed E-state index contributed by atoms with van der Waals surface area (Å²) in [6.45, 7) is 8.64. The third-order valence-electron chi connectivity index (χ3n) is 10.7. The Morgan fingerprint density at radius 1 is 0.793 bits per heavy atom. The number of amides is 4. The average Bonchev–Trinajstić information content (AvgIpc) is 4.03. The summed E-state index contributed by atoms with van der Waals surface area (Å²) >= 11 is 0. The first-order valence-electron chi connectivity index (χ1n) is 20.0. The molecule has 3 heterocycles. The molecule has 2 aromatic heterocycles. The van der Waals surface area contributed by atoms with E-state index in [9.17, 15) is 19.2 Å². The van der Waals surface area contributed by atoms with E-state index < -0.39 is 24.3 Å². The number of nitrogens with zero attached hydrogens (tertiary/aromatic N) is 3. The van der Waals surface area contributed by atoms with Crippen molar-refractivity contribution in [3.8, 4) is 33.6 Å². The number of alkyl carbamates (subject to hydrolysis) is 2. The molecule has 1 saturated heterocycles. The fraction of sp³-hybridized carbons (Fsp3) is 0.409. The van der Waals surface area contributed by atoms with Crippen LogP contribution in [0.2, 0.25) is 0 Å². The number of rotatable bonds is 15. The topological polar surface area (TPSA) is 183 Å². The van der Waals surface area contributed by atoms with Gasteiger partial charge in [-0.3, -0.25) is 9.59 Å². The van der Waals surface area contributed by atoms with Gasteiger partial charge < -0.3 is 40.3 Å². The number of aromatic amines is 2. The summed E-state index contributed by atoms with van der Waals surface area (Å²) in [7, 11) is 2.57. The van der Waals surface area contributed by atoms with Gasteiger partial charge in [0, 0.05) is 30.6 Å². The van der Waals surface area contributed by atoms with Gasteiger partial charge in [0.1, 0.15) is 23.7 Å². The Morgan fingerprint density at radius 2 is 1.47 bits per heavy atom. The van der Waals surface area contributed by atoms with Crippen molar-refractivity contribution < 1.29 is 28.7 Å². The molecule has 58 heavy (non-hydrogen) atoms. The average molecular weight is 791 g/mol. The van der Waals surface area contributed by atoms with Gasteiger partial charge in [-0.15, -0.1) is 0 Å². The number of likely N-dealkylation sites (tertiary alicyclic amines) is 1. The molecule has 0 aliphatic carbocycles. The molecule has 5 aromatic rings. The van der Waals surface area contributed by atoms with E-state index in [4.69, 9.17) is 9.72 Å². The van der Waals surface area contributed by atoms with Crippen LogP contribution in [0, 0.1) is 11.8 Å². The fourth-order valence-corrected chi connectivity index (χ4v) is 7.50. The van der Waals surface area contributed by atoms with E-state index in [0.29, 0.717) is 13.1 Å². The standard InChI is InChI=1S/C44H54N8O6/c1-26(2)38(50-43(55)57-5)41(53)45-20-8-7-17-37-46-24-34(48-37)30-14-9-12-28(22-30)32-15-10-13-29-23-31(18-19-33(29)32)35-25-47-40(49-35)36-16-11-21-52(36)42(54)39(27(3)4)51-44(56)58-6/h9-10,12-15,18-19,22-27,36,38-39H,7-8,11,16-17,20-21H2,1-6H3,(H,45,53)(H,46,48)(H,47,49)(H,50,55)(H,51,56)/t36-,38-,39-/m0/s1. The van der Waals surface area contributed by atoms with E-state index in [2.05, 4.69) is 96.3 Å². The van der Waals surface area contributed by atoms with E-state index in [-0.39, 0.29) is 29.7 Å². The number of aromatic nitrogens is 4. The number of carbonyl (C=O) groups is 4. The summed E-state index contributed by atoms with van der Waals surface area (Å²) in [5.74, 6) is 1.05. The minimum Gasteiger partial charge on any atom is -0.453 e. The third kappa shape index (κ3) is 9.67. The maximum atomic E-state index is 13.6. The molecule has 4 amide bonds. The van der Waals surface area contributed by atoms with Gasteiger partial charge in [0.2, 0.25) is 11.8 Å². The molecule has 3 atom stereocenters. The largest absolute Gasteiger partial charge is 0.453 e. The van der Waals surface area contributed by atoms with Gasteiger partial charge in [-0.05, 0) is 71.6 Å². The lowest BCUT2D eigenvalue weighted by molar-refractivity contribution is -0.135. The number of hydrogen-bond donors (Lipinski definition) is 5. The van der Waals surface area contributed by atoms with E-state index in [0.717, 1.165) is 88.2 Å². The fourth-order valence-electron chi connectivity index (χ4n) is 7.50. The summed E-state index contributed by atoms with van der Waals surface area (Å²) < 4.78 is 9.42. The number of unbranched alkanes of at least 4 members (excludes halogenated alkanes) is 1. The van der Waals surface area contributed by atoms with Gasteiger partial charge in [0.05, 0.1) is 44.0 Å². The van der Waals surface area contributed by atoms with Crippen LogP contribution in [0.4, 0.5) is 9.59 Å². The molecule has 14 heteroatoms. The highest BCUT2D eigenvalue weighted by Crippen LogP contribution is 2.35. The quantitative estimate of drug-likeness (QED) is 0.0693. The number of H-pyrrole nitrogens is 2. The number of aryl methyl sites for hydroxylation is 1. The van der Waals surface area contributed by atoms with Gasteiger partial charge in [-0.1, -0.05) is 76.2 Å². The second-order valence-electron chi connectivity index (χ2n) is 15.4. The Morgan fingerprint density at radius 3 is 2.21 bits per heavy atom. The summed E-state index contributed by atoms with van der Waals surface area (Å²) in [4.78, 5) is 68.0. The zero-order valence-corrected chi connectivity index (χ0v) is 34.1. The highest BCUT2D eigenvalue weighted by Gasteiger charge is 2.37. The van der Waals surface area contributed by atoms with Crippen molar-refractivity contribution in [3.63, 3.8) is 0 Å². The Balaban J connectivity index is 1.10. The van der Waals surface area contributed by atoms with E-state index in [1.165, 1.54) is 14.2 Å². The molecule has 5 N–H and O–H groups in total. The first kappa shape index (κ1) is 41.5. The summed E-state index contributed by atoms with van der Waals surface area (Å²) in [5.41, 5.74) is 6.01. The number of ether oxygens (including phenoxy) is 2. The molecule has 0 bridgehead atoms. The van der Waals surface area contributed by atoms with Crippen LogP contribution in [0.3, 0.4) is 0 Å². The molecule has 0 radical (unpaired) electrons. The number of hydrogen-bond acceptors (Lipinski definition) is 8. The van der Waals surface area contributed by atoms with Crippen molar-refractivity contribution in [2.45, 2.75) is 77.9 Å².